The summed E-state index contributed by atoms with van der Waals surface area (Å²) in [5.41, 5.74) is 1.30. The van der Waals surface area contributed by atoms with Crippen molar-refractivity contribution in [1.82, 2.24) is 0 Å². The number of hydrogen-bond acceptors (Lipinski definition) is 3. The maximum atomic E-state index is 12.0. The van der Waals surface area contributed by atoms with E-state index in [-0.39, 0.29) is 24.3 Å². The lowest BCUT2D eigenvalue weighted by molar-refractivity contribution is -0.136. The Morgan fingerprint density at radius 1 is 1.47 bits per heavy atom. The minimum Gasteiger partial charge on any atom is -0.481 e. The summed E-state index contributed by atoms with van der Waals surface area (Å²) >= 11 is 0. The first kappa shape index (κ1) is 13.5. The van der Waals surface area contributed by atoms with Crippen molar-refractivity contribution in [2.24, 2.45) is 5.92 Å². The van der Waals surface area contributed by atoms with Gasteiger partial charge in [0.15, 0.2) is 0 Å². The number of rotatable bonds is 4. The van der Waals surface area contributed by atoms with E-state index in [0.717, 1.165) is 6.42 Å². The predicted octanol–water partition coefficient (Wildman–Crippen LogP) is 1.68. The maximum absolute atomic E-state index is 12.0. The van der Waals surface area contributed by atoms with E-state index >= 15 is 0 Å². The number of carbonyl (C=O) groups is 2. The van der Waals surface area contributed by atoms with Crippen molar-refractivity contribution in [3.8, 4) is 0 Å². The van der Waals surface area contributed by atoms with Gasteiger partial charge in [-0.2, -0.15) is 0 Å². The fourth-order valence-electron chi connectivity index (χ4n) is 2.18. The molecule has 1 fully saturated rings. The lowest BCUT2D eigenvalue weighted by Gasteiger charge is -2.10. The molecule has 5 nitrogen and oxygen atoms in total. The van der Waals surface area contributed by atoms with Gasteiger partial charge in [0, 0.05) is 5.69 Å². The summed E-state index contributed by atoms with van der Waals surface area (Å²) in [6, 6.07) is 6.90. The van der Waals surface area contributed by atoms with Crippen molar-refractivity contribution in [2.75, 3.05) is 11.9 Å². The summed E-state index contributed by atoms with van der Waals surface area (Å²) in [5, 5.41) is 11.5. The Bertz CT molecular complexity index is 486. The monoisotopic (exact) mass is 263 g/mol. The van der Waals surface area contributed by atoms with Crippen LogP contribution in [-0.2, 0) is 20.7 Å². The molecular weight excluding hydrogens is 246 g/mol. The highest BCUT2D eigenvalue weighted by atomic mass is 16.5. The Kier molecular flexibility index (Phi) is 4.16. The molecule has 0 radical (unpaired) electrons. The zero-order chi connectivity index (χ0) is 13.8. The third-order valence-electron chi connectivity index (χ3n) is 3.12. The van der Waals surface area contributed by atoms with Crippen LogP contribution in [0, 0.1) is 5.92 Å². The number of aliphatic carboxylic acids is 1. The van der Waals surface area contributed by atoms with Gasteiger partial charge in [-0.3, -0.25) is 9.59 Å². The van der Waals surface area contributed by atoms with Gasteiger partial charge >= 0.3 is 5.97 Å². The number of amides is 1. The normalized spacial score (nSPS) is 22.2. The fourth-order valence-corrected chi connectivity index (χ4v) is 2.18. The van der Waals surface area contributed by atoms with Gasteiger partial charge in [0.2, 0.25) is 5.91 Å². The first-order valence-electron chi connectivity index (χ1n) is 6.28. The van der Waals surface area contributed by atoms with Crippen LogP contribution in [0.2, 0.25) is 0 Å². The zero-order valence-electron chi connectivity index (χ0n) is 10.8. The molecule has 1 aliphatic rings. The van der Waals surface area contributed by atoms with Gasteiger partial charge in [-0.15, -0.1) is 0 Å². The molecule has 1 aromatic rings. The predicted molar refractivity (Wildman–Crippen MR) is 69.9 cm³/mol. The van der Waals surface area contributed by atoms with Crippen molar-refractivity contribution in [3.05, 3.63) is 29.8 Å². The molecule has 0 spiro atoms. The van der Waals surface area contributed by atoms with Gasteiger partial charge in [-0.05, 0) is 31.0 Å². The molecular formula is C14H17NO4. The van der Waals surface area contributed by atoms with Crippen LogP contribution in [0.1, 0.15) is 18.9 Å². The van der Waals surface area contributed by atoms with E-state index in [1.807, 2.05) is 6.92 Å². The topological polar surface area (TPSA) is 75.6 Å². The minimum absolute atomic E-state index is 0.0483. The molecule has 1 amide bonds. The number of carboxylic acid groups (broad SMARTS) is 1. The van der Waals surface area contributed by atoms with E-state index in [2.05, 4.69) is 5.32 Å². The van der Waals surface area contributed by atoms with Crippen LogP contribution in [0.15, 0.2) is 24.3 Å². The quantitative estimate of drug-likeness (QED) is 0.866. The molecule has 2 atom stereocenters. The average Bonchev–Trinajstić information content (AvgIpc) is 2.75. The highest BCUT2D eigenvalue weighted by Gasteiger charge is 2.28. The number of carboxylic acids is 1. The number of ether oxygens (including phenoxy) is 1. The summed E-state index contributed by atoms with van der Waals surface area (Å²) in [6.07, 6.45) is 0.794. The highest BCUT2D eigenvalue weighted by molar-refractivity contribution is 5.93. The Morgan fingerprint density at radius 2 is 2.26 bits per heavy atom. The van der Waals surface area contributed by atoms with E-state index in [1.165, 1.54) is 0 Å². The summed E-state index contributed by atoms with van der Waals surface area (Å²) in [6.45, 7) is 2.39. The maximum Gasteiger partial charge on any atom is 0.307 e. The molecule has 2 N–H and O–H groups in total. The lowest BCUT2D eigenvalue weighted by Crippen LogP contribution is -2.23. The molecule has 5 heteroatoms. The molecule has 2 unspecified atom stereocenters. The summed E-state index contributed by atoms with van der Waals surface area (Å²) < 4.78 is 5.36. The molecule has 102 valence electrons. The SMILES string of the molecule is CC1CC(C(=O)Nc2cccc(CC(=O)O)c2)CO1. The molecule has 0 bridgehead atoms. The van der Waals surface area contributed by atoms with Gasteiger partial charge in [0.05, 0.1) is 25.0 Å². The first-order valence-corrected chi connectivity index (χ1v) is 6.28. The summed E-state index contributed by atoms with van der Waals surface area (Å²) in [7, 11) is 0. The third kappa shape index (κ3) is 3.79. The van der Waals surface area contributed by atoms with Crippen LogP contribution >= 0.6 is 0 Å². The first-order chi connectivity index (χ1) is 9.04. The van der Waals surface area contributed by atoms with Crippen LogP contribution in [0.5, 0.6) is 0 Å². The van der Waals surface area contributed by atoms with Crippen molar-refractivity contribution < 1.29 is 19.4 Å². The van der Waals surface area contributed by atoms with Crippen molar-refractivity contribution in [1.29, 1.82) is 0 Å². The minimum atomic E-state index is -0.888. The molecule has 0 aliphatic carbocycles. The molecule has 0 saturated carbocycles. The van der Waals surface area contributed by atoms with Crippen LogP contribution in [0.4, 0.5) is 5.69 Å². The Labute approximate surface area is 111 Å². The van der Waals surface area contributed by atoms with E-state index < -0.39 is 5.97 Å². The molecule has 0 aromatic heterocycles. The second-order valence-electron chi connectivity index (χ2n) is 4.84. The second kappa shape index (κ2) is 5.84. The summed E-state index contributed by atoms with van der Waals surface area (Å²) in [4.78, 5) is 22.6. The van der Waals surface area contributed by atoms with E-state index in [1.54, 1.807) is 24.3 Å². The number of anilines is 1. The second-order valence-corrected chi connectivity index (χ2v) is 4.84. The Balaban J connectivity index is 1.98. The van der Waals surface area contributed by atoms with Gasteiger partial charge < -0.3 is 15.2 Å². The number of hydrogen-bond donors (Lipinski definition) is 2. The van der Waals surface area contributed by atoms with Gasteiger partial charge in [0.1, 0.15) is 0 Å². The van der Waals surface area contributed by atoms with Crippen LogP contribution in [-0.4, -0.2) is 29.7 Å². The Morgan fingerprint density at radius 3 is 2.89 bits per heavy atom. The number of benzene rings is 1. The molecule has 1 aromatic carbocycles. The lowest BCUT2D eigenvalue weighted by atomic mass is 10.1. The third-order valence-corrected chi connectivity index (χ3v) is 3.12. The highest BCUT2D eigenvalue weighted by Crippen LogP contribution is 2.21. The standard InChI is InChI=1S/C14H17NO4/c1-9-5-11(8-19-9)14(18)15-12-4-2-3-10(6-12)7-13(16)17/h2-4,6,9,11H,5,7-8H2,1H3,(H,15,18)(H,16,17). The van der Waals surface area contributed by atoms with Gasteiger partial charge in [-0.25, -0.2) is 0 Å². The van der Waals surface area contributed by atoms with E-state index in [4.69, 9.17) is 9.84 Å². The van der Waals surface area contributed by atoms with Crippen molar-refractivity contribution >= 4 is 17.6 Å². The van der Waals surface area contributed by atoms with Gasteiger partial charge in [0.25, 0.3) is 0 Å². The van der Waals surface area contributed by atoms with E-state index in [0.29, 0.717) is 17.9 Å². The molecule has 1 heterocycles. The van der Waals surface area contributed by atoms with Crippen molar-refractivity contribution in [3.63, 3.8) is 0 Å². The molecule has 1 aliphatic heterocycles. The average molecular weight is 263 g/mol. The van der Waals surface area contributed by atoms with Crippen LogP contribution in [0.3, 0.4) is 0 Å². The largest absolute Gasteiger partial charge is 0.481 e. The molecule has 2 rings (SSSR count). The molecule has 19 heavy (non-hydrogen) atoms. The number of carbonyl (C=O) groups excluding carboxylic acids is 1. The summed E-state index contributed by atoms with van der Waals surface area (Å²) in [5.74, 6) is -1.09. The Hall–Kier alpha value is -1.88. The number of nitrogens with one attached hydrogen (secondary N) is 1. The van der Waals surface area contributed by atoms with Crippen molar-refractivity contribution in [2.45, 2.75) is 25.9 Å². The van der Waals surface area contributed by atoms with E-state index in [9.17, 15) is 9.59 Å². The van der Waals surface area contributed by atoms with Crippen LogP contribution in [0.25, 0.3) is 0 Å². The zero-order valence-corrected chi connectivity index (χ0v) is 10.8. The fraction of sp³-hybridized carbons (Fsp3) is 0.429. The molecule has 1 saturated heterocycles. The smallest absolute Gasteiger partial charge is 0.307 e. The van der Waals surface area contributed by atoms with Gasteiger partial charge in [-0.1, -0.05) is 12.1 Å². The van der Waals surface area contributed by atoms with Crippen LogP contribution < -0.4 is 5.32 Å².